The Balaban J connectivity index is 1.62. The van der Waals surface area contributed by atoms with Crippen LogP contribution in [0, 0.1) is 5.82 Å². The van der Waals surface area contributed by atoms with E-state index in [2.05, 4.69) is 26.6 Å². The van der Waals surface area contributed by atoms with Gasteiger partial charge in [-0.2, -0.15) is 0 Å². The number of ether oxygens (including phenoxy) is 1. The van der Waals surface area contributed by atoms with Gasteiger partial charge < -0.3 is 15.4 Å². The number of hydrogen-bond donors (Lipinski definition) is 2. The minimum absolute atomic E-state index is 0.0916. The first-order valence-electron chi connectivity index (χ1n) is 9.72. The maximum absolute atomic E-state index is 13.2. The van der Waals surface area contributed by atoms with Gasteiger partial charge in [-0.1, -0.05) is 42.5 Å². The van der Waals surface area contributed by atoms with Crippen LogP contribution in [0.1, 0.15) is 39.2 Å². The average molecular weight is 499 g/mol. The molecule has 0 saturated heterocycles. The Morgan fingerprint density at radius 3 is 2.38 bits per heavy atom. The molecule has 0 heterocycles. The first kappa shape index (κ1) is 23.1. The predicted molar refractivity (Wildman–Crippen MR) is 122 cm³/mol. The fourth-order valence-corrected chi connectivity index (χ4v) is 3.45. The van der Waals surface area contributed by atoms with Gasteiger partial charge in [-0.25, -0.2) is 9.18 Å². The molecule has 3 aromatic rings. The first-order chi connectivity index (χ1) is 15.3. The van der Waals surface area contributed by atoms with Crippen LogP contribution in [-0.2, 0) is 9.53 Å². The van der Waals surface area contributed by atoms with Crippen molar-refractivity contribution in [3.63, 3.8) is 0 Å². The van der Waals surface area contributed by atoms with Gasteiger partial charge in [0.05, 0.1) is 22.9 Å². The maximum atomic E-state index is 13.2. The lowest BCUT2D eigenvalue weighted by molar-refractivity contribution is -0.119. The van der Waals surface area contributed by atoms with Gasteiger partial charge in [0, 0.05) is 4.47 Å². The molecule has 0 aliphatic rings. The summed E-state index contributed by atoms with van der Waals surface area (Å²) >= 11 is 3.08. The predicted octanol–water partition coefficient (Wildman–Crippen LogP) is 4.87. The van der Waals surface area contributed by atoms with Crippen molar-refractivity contribution in [3.8, 4) is 0 Å². The number of para-hydroxylation sites is 1. The van der Waals surface area contributed by atoms with E-state index in [-0.39, 0.29) is 33.2 Å². The minimum atomic E-state index is -0.783. The molecule has 0 spiro atoms. The lowest BCUT2D eigenvalue weighted by atomic mass is 10.1. The van der Waals surface area contributed by atoms with E-state index >= 15 is 0 Å². The Bertz CT molecular complexity index is 1140. The van der Waals surface area contributed by atoms with Gasteiger partial charge in [0.2, 0.25) is 0 Å². The highest BCUT2D eigenvalue weighted by Crippen LogP contribution is 2.20. The van der Waals surface area contributed by atoms with Gasteiger partial charge in [0.1, 0.15) is 5.82 Å². The van der Waals surface area contributed by atoms with Crippen molar-refractivity contribution in [3.05, 3.63) is 99.8 Å². The molecule has 0 aliphatic carbocycles. The molecular formula is C24H20BrFN2O4. The fraction of sp³-hybridized carbons (Fsp3) is 0.125. The summed E-state index contributed by atoms with van der Waals surface area (Å²) in [4.78, 5) is 37.2. The Morgan fingerprint density at radius 1 is 0.969 bits per heavy atom. The highest BCUT2D eigenvalue weighted by atomic mass is 79.9. The molecule has 3 rings (SSSR count). The molecule has 3 aromatic carbocycles. The molecule has 0 fully saturated rings. The Kier molecular flexibility index (Phi) is 7.72. The molecule has 0 aromatic heterocycles. The van der Waals surface area contributed by atoms with Crippen molar-refractivity contribution in [2.24, 2.45) is 0 Å². The third-order valence-electron chi connectivity index (χ3n) is 4.58. The SMILES string of the molecule is CC(NC(=O)c1ccccc1NC(=O)COC(=O)c1ccc(F)cc1Br)c1ccccc1. The summed E-state index contributed by atoms with van der Waals surface area (Å²) in [5, 5.41) is 5.48. The van der Waals surface area contributed by atoms with Crippen LogP contribution >= 0.6 is 15.9 Å². The molecule has 32 heavy (non-hydrogen) atoms. The van der Waals surface area contributed by atoms with Gasteiger partial charge in [-0.3, -0.25) is 9.59 Å². The third kappa shape index (κ3) is 6.01. The number of esters is 1. The number of amides is 2. The van der Waals surface area contributed by atoms with E-state index in [4.69, 9.17) is 4.74 Å². The number of halogens is 2. The highest BCUT2D eigenvalue weighted by Gasteiger charge is 2.18. The summed E-state index contributed by atoms with van der Waals surface area (Å²) in [5.74, 6) is -2.27. The second kappa shape index (κ2) is 10.7. The van der Waals surface area contributed by atoms with Gasteiger partial charge in [0.15, 0.2) is 6.61 Å². The summed E-state index contributed by atoms with van der Waals surface area (Å²) in [6.45, 7) is 1.29. The van der Waals surface area contributed by atoms with Crippen LogP contribution in [0.3, 0.4) is 0 Å². The topological polar surface area (TPSA) is 84.5 Å². The van der Waals surface area contributed by atoms with Crippen LogP contribution in [-0.4, -0.2) is 24.4 Å². The fourth-order valence-electron chi connectivity index (χ4n) is 2.94. The minimum Gasteiger partial charge on any atom is -0.452 e. The average Bonchev–Trinajstić information content (AvgIpc) is 2.78. The number of carbonyl (C=O) groups excluding carboxylic acids is 3. The van der Waals surface area contributed by atoms with E-state index in [9.17, 15) is 18.8 Å². The van der Waals surface area contributed by atoms with E-state index in [0.717, 1.165) is 17.7 Å². The van der Waals surface area contributed by atoms with Crippen LogP contribution in [0.15, 0.2) is 77.3 Å². The maximum Gasteiger partial charge on any atom is 0.339 e. The normalized spacial score (nSPS) is 11.3. The van der Waals surface area contributed by atoms with Crippen molar-refractivity contribution in [1.82, 2.24) is 5.32 Å². The van der Waals surface area contributed by atoms with Crippen molar-refractivity contribution in [1.29, 1.82) is 0 Å². The highest BCUT2D eigenvalue weighted by molar-refractivity contribution is 9.10. The van der Waals surface area contributed by atoms with E-state index < -0.39 is 24.3 Å². The molecule has 6 nitrogen and oxygen atoms in total. The standard InChI is InChI=1S/C24H20BrFN2O4/c1-15(16-7-3-2-4-8-16)27-23(30)19-9-5-6-10-21(19)28-22(29)14-32-24(31)18-12-11-17(26)13-20(18)25/h2-13,15H,14H2,1H3,(H,27,30)(H,28,29). The van der Waals surface area contributed by atoms with Crippen LogP contribution in [0.4, 0.5) is 10.1 Å². The van der Waals surface area contributed by atoms with Crippen molar-refractivity contribution in [2.45, 2.75) is 13.0 Å². The van der Waals surface area contributed by atoms with Crippen LogP contribution in [0.25, 0.3) is 0 Å². The van der Waals surface area contributed by atoms with E-state index in [1.54, 1.807) is 24.3 Å². The zero-order chi connectivity index (χ0) is 23.1. The van der Waals surface area contributed by atoms with Crippen molar-refractivity contribution < 1.29 is 23.5 Å². The Morgan fingerprint density at radius 2 is 1.66 bits per heavy atom. The Hall–Kier alpha value is -3.52. The summed E-state index contributed by atoms with van der Waals surface area (Å²) in [5.41, 5.74) is 1.60. The number of carbonyl (C=O) groups is 3. The molecule has 164 valence electrons. The van der Waals surface area contributed by atoms with E-state index in [0.29, 0.717) is 0 Å². The molecule has 2 N–H and O–H groups in total. The largest absolute Gasteiger partial charge is 0.452 e. The summed E-state index contributed by atoms with van der Waals surface area (Å²) in [6.07, 6.45) is 0. The van der Waals surface area contributed by atoms with Crippen LogP contribution in [0.5, 0.6) is 0 Å². The number of benzene rings is 3. The lowest BCUT2D eigenvalue weighted by Gasteiger charge is -2.16. The van der Waals surface area contributed by atoms with Gasteiger partial charge in [0.25, 0.3) is 11.8 Å². The molecule has 1 atom stereocenters. The smallest absolute Gasteiger partial charge is 0.339 e. The molecule has 1 unspecified atom stereocenters. The van der Waals surface area contributed by atoms with Gasteiger partial charge in [-0.05, 0) is 58.7 Å². The summed E-state index contributed by atoms with van der Waals surface area (Å²) < 4.78 is 18.4. The van der Waals surface area contributed by atoms with Gasteiger partial charge >= 0.3 is 5.97 Å². The quantitative estimate of drug-likeness (QED) is 0.455. The third-order valence-corrected chi connectivity index (χ3v) is 5.23. The van der Waals surface area contributed by atoms with E-state index in [1.807, 2.05) is 37.3 Å². The molecule has 0 saturated carbocycles. The molecule has 0 radical (unpaired) electrons. The zero-order valence-electron chi connectivity index (χ0n) is 17.1. The molecule has 8 heteroatoms. The molecule has 2 amide bonds. The number of hydrogen-bond acceptors (Lipinski definition) is 4. The van der Waals surface area contributed by atoms with Crippen LogP contribution in [0.2, 0.25) is 0 Å². The Labute approximate surface area is 192 Å². The zero-order valence-corrected chi connectivity index (χ0v) is 18.7. The molecular weight excluding hydrogens is 479 g/mol. The molecule has 0 bridgehead atoms. The monoisotopic (exact) mass is 498 g/mol. The van der Waals surface area contributed by atoms with Crippen LogP contribution < -0.4 is 10.6 Å². The molecule has 0 aliphatic heterocycles. The van der Waals surface area contributed by atoms with Crippen molar-refractivity contribution >= 4 is 39.4 Å². The second-order valence-electron chi connectivity index (χ2n) is 6.90. The number of nitrogens with one attached hydrogen (secondary N) is 2. The number of rotatable bonds is 7. The van der Waals surface area contributed by atoms with Gasteiger partial charge in [-0.15, -0.1) is 0 Å². The second-order valence-corrected chi connectivity index (χ2v) is 7.75. The summed E-state index contributed by atoms with van der Waals surface area (Å²) in [7, 11) is 0. The first-order valence-corrected chi connectivity index (χ1v) is 10.5. The summed E-state index contributed by atoms with van der Waals surface area (Å²) in [6, 6.07) is 19.3. The van der Waals surface area contributed by atoms with Crippen molar-refractivity contribution in [2.75, 3.05) is 11.9 Å². The lowest BCUT2D eigenvalue weighted by Crippen LogP contribution is -2.28. The number of anilines is 1. The van der Waals surface area contributed by atoms with E-state index in [1.165, 1.54) is 6.07 Å².